The molecule has 5 nitrogen and oxygen atoms in total. The van der Waals surface area contributed by atoms with Gasteiger partial charge in [0.15, 0.2) is 0 Å². The van der Waals surface area contributed by atoms with Crippen LogP contribution in [0.3, 0.4) is 0 Å². The van der Waals surface area contributed by atoms with Gasteiger partial charge in [-0.15, -0.1) is 0 Å². The van der Waals surface area contributed by atoms with Crippen molar-refractivity contribution in [3.05, 3.63) is 24.3 Å². The van der Waals surface area contributed by atoms with Crippen molar-refractivity contribution < 1.29 is 14.3 Å². The predicted molar refractivity (Wildman–Crippen MR) is 63.1 cm³/mol. The van der Waals surface area contributed by atoms with Crippen molar-refractivity contribution in [1.82, 2.24) is 9.88 Å². The van der Waals surface area contributed by atoms with Gasteiger partial charge in [-0.05, 0) is 18.9 Å². The van der Waals surface area contributed by atoms with E-state index in [4.69, 9.17) is 5.11 Å². The van der Waals surface area contributed by atoms with Crippen molar-refractivity contribution in [3.8, 4) is 0 Å². The maximum atomic E-state index is 13.2. The van der Waals surface area contributed by atoms with Crippen LogP contribution in [0.2, 0.25) is 0 Å². The molecule has 2 atom stereocenters. The predicted octanol–water partition coefficient (Wildman–Crippen LogP) is 1.55. The quantitative estimate of drug-likeness (QED) is 0.769. The Morgan fingerprint density at radius 1 is 1.39 bits per heavy atom. The molecule has 1 N–H and O–H groups in total. The van der Waals surface area contributed by atoms with Crippen LogP contribution in [0.1, 0.15) is 12.8 Å². The molecule has 2 aliphatic rings. The molecule has 1 aromatic rings. The third kappa shape index (κ3) is 1.77. The number of pyridine rings is 1. The Balaban J connectivity index is 1.86. The number of hydrogen-bond acceptors (Lipinski definition) is 3. The van der Waals surface area contributed by atoms with Crippen LogP contribution < -0.4 is 4.90 Å². The smallest absolute Gasteiger partial charge is 0.407 e. The Bertz CT molecular complexity index is 468. The topological polar surface area (TPSA) is 56.7 Å². The summed E-state index contributed by atoms with van der Waals surface area (Å²) >= 11 is 0. The largest absolute Gasteiger partial charge is 0.465 e. The van der Waals surface area contributed by atoms with Crippen molar-refractivity contribution >= 4 is 11.8 Å². The molecule has 3 rings (SSSR count). The van der Waals surface area contributed by atoms with Crippen molar-refractivity contribution in [1.29, 1.82) is 0 Å². The molecular formula is C12H14FN3O2. The Morgan fingerprint density at radius 2 is 2.06 bits per heavy atom. The highest BCUT2D eigenvalue weighted by molar-refractivity contribution is 5.66. The number of hydrogen-bond donors (Lipinski definition) is 1. The van der Waals surface area contributed by atoms with E-state index in [1.54, 1.807) is 6.07 Å². The van der Waals surface area contributed by atoms with Gasteiger partial charge in [-0.1, -0.05) is 0 Å². The molecule has 96 valence electrons. The first-order valence-corrected chi connectivity index (χ1v) is 6.03. The van der Waals surface area contributed by atoms with Gasteiger partial charge < -0.3 is 14.9 Å². The van der Waals surface area contributed by atoms with Gasteiger partial charge in [-0.25, -0.2) is 9.78 Å². The summed E-state index contributed by atoms with van der Waals surface area (Å²) in [6, 6.07) is 3.51. The molecule has 1 aromatic heterocycles. The third-order valence-electron chi connectivity index (χ3n) is 3.76. The van der Waals surface area contributed by atoms with E-state index in [9.17, 15) is 9.18 Å². The molecule has 0 aromatic carbocycles. The molecule has 0 radical (unpaired) electrons. The van der Waals surface area contributed by atoms with Crippen molar-refractivity contribution in [3.63, 3.8) is 0 Å². The van der Waals surface area contributed by atoms with E-state index in [1.165, 1.54) is 17.2 Å². The molecule has 0 spiro atoms. The van der Waals surface area contributed by atoms with Gasteiger partial charge in [-0.2, -0.15) is 4.39 Å². The van der Waals surface area contributed by atoms with E-state index < -0.39 is 12.0 Å². The molecule has 2 aliphatic heterocycles. The van der Waals surface area contributed by atoms with Gasteiger partial charge in [0, 0.05) is 43.1 Å². The lowest BCUT2D eigenvalue weighted by Gasteiger charge is -2.41. The average molecular weight is 251 g/mol. The fourth-order valence-corrected chi connectivity index (χ4v) is 3.03. The molecule has 0 saturated carbocycles. The fourth-order valence-electron chi connectivity index (χ4n) is 3.03. The van der Waals surface area contributed by atoms with Crippen LogP contribution in [0, 0.1) is 5.95 Å². The van der Waals surface area contributed by atoms with E-state index in [2.05, 4.69) is 9.88 Å². The highest BCUT2D eigenvalue weighted by Gasteiger charge is 2.41. The van der Waals surface area contributed by atoms with Crippen LogP contribution in [-0.4, -0.2) is 46.3 Å². The zero-order valence-electron chi connectivity index (χ0n) is 9.79. The lowest BCUT2D eigenvalue weighted by atomic mass is 10.1. The van der Waals surface area contributed by atoms with Gasteiger partial charge in [0.1, 0.15) is 0 Å². The second-order valence-corrected chi connectivity index (χ2v) is 4.82. The highest BCUT2D eigenvalue weighted by Crippen LogP contribution is 2.34. The Labute approximate surface area is 104 Å². The van der Waals surface area contributed by atoms with Crippen LogP contribution in [-0.2, 0) is 0 Å². The van der Waals surface area contributed by atoms with Gasteiger partial charge in [0.05, 0.1) is 0 Å². The molecule has 18 heavy (non-hydrogen) atoms. The summed E-state index contributed by atoms with van der Waals surface area (Å²) in [5.74, 6) is -0.493. The summed E-state index contributed by atoms with van der Waals surface area (Å²) in [7, 11) is 0. The van der Waals surface area contributed by atoms with Crippen LogP contribution in [0.5, 0.6) is 0 Å². The van der Waals surface area contributed by atoms with Crippen LogP contribution >= 0.6 is 0 Å². The van der Waals surface area contributed by atoms with Gasteiger partial charge >= 0.3 is 6.09 Å². The number of halogens is 1. The first-order valence-electron chi connectivity index (χ1n) is 6.03. The number of piperazine rings is 1. The maximum absolute atomic E-state index is 13.2. The van der Waals surface area contributed by atoms with E-state index in [1.807, 2.05) is 0 Å². The number of anilines is 1. The lowest BCUT2D eigenvalue weighted by Crippen LogP contribution is -2.55. The zero-order chi connectivity index (χ0) is 12.7. The summed E-state index contributed by atoms with van der Waals surface area (Å²) in [6.07, 6.45) is 2.50. The number of aromatic nitrogens is 1. The molecular weight excluding hydrogens is 237 g/mol. The minimum atomic E-state index is -0.868. The molecule has 2 bridgehead atoms. The van der Waals surface area contributed by atoms with Crippen LogP contribution in [0.4, 0.5) is 14.9 Å². The maximum Gasteiger partial charge on any atom is 0.407 e. The summed E-state index contributed by atoms with van der Waals surface area (Å²) in [5, 5.41) is 9.04. The summed E-state index contributed by atoms with van der Waals surface area (Å²) in [4.78, 5) is 18.2. The average Bonchev–Trinajstić information content (AvgIpc) is 2.59. The van der Waals surface area contributed by atoms with Crippen molar-refractivity contribution in [2.24, 2.45) is 0 Å². The summed E-state index contributed by atoms with van der Waals surface area (Å²) < 4.78 is 13.2. The van der Waals surface area contributed by atoms with E-state index in [0.29, 0.717) is 13.1 Å². The van der Waals surface area contributed by atoms with Gasteiger partial charge in [0.2, 0.25) is 5.95 Å². The lowest BCUT2D eigenvalue weighted by molar-refractivity contribution is 0.133. The summed E-state index contributed by atoms with van der Waals surface area (Å²) in [6.45, 7) is 0.992. The second-order valence-electron chi connectivity index (χ2n) is 4.82. The Morgan fingerprint density at radius 3 is 2.61 bits per heavy atom. The number of carbonyl (C=O) groups is 1. The Hall–Kier alpha value is -1.85. The van der Waals surface area contributed by atoms with Crippen LogP contribution in [0.25, 0.3) is 0 Å². The van der Waals surface area contributed by atoms with Crippen molar-refractivity contribution in [2.45, 2.75) is 24.9 Å². The summed E-state index contributed by atoms with van der Waals surface area (Å²) in [5.41, 5.74) is 0.806. The normalized spacial score (nSPS) is 26.5. The van der Waals surface area contributed by atoms with E-state index in [-0.39, 0.29) is 12.1 Å². The molecule has 6 heteroatoms. The molecule has 2 saturated heterocycles. The SMILES string of the molecule is O=C(O)N1C[C@H]2CC[C@@H](C1)N2c1ccnc(F)c1. The highest BCUT2D eigenvalue weighted by atomic mass is 19.1. The number of fused-ring (bicyclic) bond motifs is 2. The number of amides is 1. The molecule has 2 fully saturated rings. The first kappa shape index (κ1) is 11.3. The second kappa shape index (κ2) is 4.12. The van der Waals surface area contributed by atoms with E-state index in [0.717, 1.165) is 18.5 Å². The van der Waals surface area contributed by atoms with E-state index >= 15 is 0 Å². The first-order chi connectivity index (χ1) is 8.65. The fraction of sp³-hybridized carbons (Fsp3) is 0.500. The standard InChI is InChI=1S/C12H14FN3O2/c13-11-5-8(3-4-14-11)16-9-1-2-10(16)7-15(6-9)12(17)18/h3-5,9-10H,1-2,6-7H2,(H,17,18)/t9-,10+. The molecule has 3 heterocycles. The Kier molecular flexibility index (Phi) is 2.57. The van der Waals surface area contributed by atoms with Crippen molar-refractivity contribution in [2.75, 3.05) is 18.0 Å². The minimum Gasteiger partial charge on any atom is -0.465 e. The number of carboxylic acid groups (broad SMARTS) is 1. The van der Waals surface area contributed by atoms with Gasteiger partial charge in [0.25, 0.3) is 0 Å². The molecule has 1 amide bonds. The monoisotopic (exact) mass is 251 g/mol. The number of nitrogens with zero attached hydrogens (tertiary/aromatic N) is 3. The molecule has 0 unspecified atom stereocenters. The molecule has 0 aliphatic carbocycles. The number of likely N-dealkylation sites (tertiary alicyclic amines) is 1. The zero-order valence-corrected chi connectivity index (χ0v) is 9.79. The number of rotatable bonds is 1. The third-order valence-corrected chi connectivity index (χ3v) is 3.76. The van der Waals surface area contributed by atoms with Crippen LogP contribution in [0.15, 0.2) is 18.3 Å². The van der Waals surface area contributed by atoms with Gasteiger partial charge in [-0.3, -0.25) is 0 Å². The minimum absolute atomic E-state index is 0.154.